The van der Waals surface area contributed by atoms with E-state index in [-0.39, 0.29) is 18.0 Å². The van der Waals surface area contributed by atoms with E-state index >= 15 is 0 Å². The number of hydrogen-bond donors (Lipinski definition) is 1. The largest absolute Gasteiger partial charge is 0.497 e. The number of hydrogen-bond acceptors (Lipinski definition) is 3. The van der Waals surface area contributed by atoms with Crippen LogP contribution in [0.3, 0.4) is 0 Å². The Morgan fingerprint density at radius 2 is 1.67 bits per heavy atom. The molecule has 0 spiro atoms. The third-order valence-corrected chi connectivity index (χ3v) is 2.86. The number of nitrogens with one attached hydrogen (secondary N) is 1. The van der Waals surface area contributed by atoms with E-state index in [9.17, 15) is 14.0 Å². The van der Waals surface area contributed by atoms with Crippen molar-refractivity contribution in [3.63, 3.8) is 0 Å². The molecule has 0 aliphatic rings. The summed E-state index contributed by atoms with van der Waals surface area (Å²) in [6.45, 7) is 0. The first-order valence-corrected chi connectivity index (χ1v) is 6.31. The molecular formula is C16H14FNO3. The molecule has 0 heterocycles. The lowest BCUT2D eigenvalue weighted by molar-refractivity contribution is -0.115. The molecule has 21 heavy (non-hydrogen) atoms. The van der Waals surface area contributed by atoms with Crippen LogP contribution >= 0.6 is 0 Å². The molecule has 0 saturated carbocycles. The molecule has 2 aromatic carbocycles. The van der Waals surface area contributed by atoms with Crippen molar-refractivity contribution in [2.75, 3.05) is 12.4 Å². The van der Waals surface area contributed by atoms with Crippen LogP contribution in [0.25, 0.3) is 0 Å². The maximum atomic E-state index is 12.7. The number of anilines is 1. The predicted octanol–water partition coefficient (Wildman–Crippen LogP) is 3.05. The zero-order valence-electron chi connectivity index (χ0n) is 11.4. The topological polar surface area (TPSA) is 55.4 Å². The fraction of sp³-hybridized carbons (Fsp3) is 0.125. The number of benzene rings is 2. The third-order valence-electron chi connectivity index (χ3n) is 2.86. The summed E-state index contributed by atoms with van der Waals surface area (Å²) in [7, 11) is 1.53. The van der Waals surface area contributed by atoms with Crippen molar-refractivity contribution in [1.29, 1.82) is 0 Å². The Bertz CT molecular complexity index is 636. The number of methoxy groups -OCH3 is 1. The van der Waals surface area contributed by atoms with Gasteiger partial charge in [-0.1, -0.05) is 0 Å². The average Bonchev–Trinajstić information content (AvgIpc) is 2.49. The van der Waals surface area contributed by atoms with Gasteiger partial charge in [-0.2, -0.15) is 0 Å². The normalized spacial score (nSPS) is 10.0. The number of amides is 1. The first kappa shape index (κ1) is 14.7. The zero-order chi connectivity index (χ0) is 15.2. The van der Waals surface area contributed by atoms with Crippen LogP contribution in [0.5, 0.6) is 5.75 Å². The van der Waals surface area contributed by atoms with E-state index in [4.69, 9.17) is 4.74 Å². The van der Waals surface area contributed by atoms with Gasteiger partial charge in [0.2, 0.25) is 5.91 Å². The van der Waals surface area contributed by atoms with E-state index in [1.54, 1.807) is 24.3 Å². The van der Waals surface area contributed by atoms with Gasteiger partial charge in [0.1, 0.15) is 11.6 Å². The Hall–Kier alpha value is -2.69. The molecule has 5 heteroatoms. The van der Waals surface area contributed by atoms with E-state index < -0.39 is 5.91 Å². The highest BCUT2D eigenvalue weighted by Gasteiger charge is 2.12. The Balaban J connectivity index is 1.95. The lowest BCUT2D eigenvalue weighted by Crippen LogP contribution is -2.16. The molecule has 108 valence electrons. The van der Waals surface area contributed by atoms with E-state index in [2.05, 4.69) is 5.32 Å². The SMILES string of the molecule is COc1ccc(C(=O)CC(=O)Nc2ccc(F)cc2)cc1. The van der Waals surface area contributed by atoms with Gasteiger partial charge in [-0.05, 0) is 48.5 Å². The zero-order valence-corrected chi connectivity index (χ0v) is 11.4. The van der Waals surface area contributed by atoms with Crippen molar-refractivity contribution in [2.45, 2.75) is 6.42 Å². The second-order valence-corrected chi connectivity index (χ2v) is 4.38. The molecule has 0 aromatic heterocycles. The summed E-state index contributed by atoms with van der Waals surface area (Å²) in [4.78, 5) is 23.7. The van der Waals surface area contributed by atoms with Gasteiger partial charge in [0.05, 0.1) is 13.5 Å². The highest BCUT2D eigenvalue weighted by Crippen LogP contribution is 2.13. The number of ether oxygens (including phenoxy) is 1. The first-order chi connectivity index (χ1) is 10.1. The first-order valence-electron chi connectivity index (χ1n) is 6.31. The summed E-state index contributed by atoms with van der Waals surface area (Å²) in [6, 6.07) is 11.9. The average molecular weight is 287 g/mol. The Labute approximate surface area is 121 Å². The van der Waals surface area contributed by atoms with Gasteiger partial charge in [-0.15, -0.1) is 0 Å². The van der Waals surface area contributed by atoms with Crippen LogP contribution in [0.4, 0.5) is 10.1 Å². The van der Waals surface area contributed by atoms with E-state index in [0.29, 0.717) is 17.0 Å². The molecule has 0 aliphatic heterocycles. The summed E-state index contributed by atoms with van der Waals surface area (Å²) in [5, 5.41) is 2.54. The molecule has 0 saturated heterocycles. The fourth-order valence-electron chi connectivity index (χ4n) is 1.76. The van der Waals surface area contributed by atoms with Gasteiger partial charge in [0.15, 0.2) is 5.78 Å². The Morgan fingerprint density at radius 3 is 2.24 bits per heavy atom. The number of Topliss-reactive ketones (excluding diaryl/α,β-unsaturated/α-hetero) is 1. The number of ketones is 1. The van der Waals surface area contributed by atoms with Crippen LogP contribution in [-0.2, 0) is 4.79 Å². The quantitative estimate of drug-likeness (QED) is 0.679. The van der Waals surface area contributed by atoms with Crippen LogP contribution in [0.2, 0.25) is 0 Å². The van der Waals surface area contributed by atoms with E-state index in [0.717, 1.165) is 0 Å². The van der Waals surface area contributed by atoms with Crippen molar-refractivity contribution in [2.24, 2.45) is 0 Å². The van der Waals surface area contributed by atoms with Crippen LogP contribution in [-0.4, -0.2) is 18.8 Å². The summed E-state index contributed by atoms with van der Waals surface area (Å²) in [5.74, 6) is -0.482. The molecule has 4 nitrogen and oxygen atoms in total. The van der Waals surface area contributed by atoms with Crippen LogP contribution in [0.1, 0.15) is 16.8 Å². The van der Waals surface area contributed by atoms with Gasteiger partial charge in [0, 0.05) is 11.3 Å². The number of rotatable bonds is 5. The van der Waals surface area contributed by atoms with Crippen molar-refractivity contribution in [3.05, 3.63) is 59.9 Å². The number of carbonyl (C=O) groups is 2. The van der Waals surface area contributed by atoms with Crippen molar-refractivity contribution >= 4 is 17.4 Å². The fourth-order valence-corrected chi connectivity index (χ4v) is 1.76. The minimum Gasteiger partial charge on any atom is -0.497 e. The van der Waals surface area contributed by atoms with Gasteiger partial charge >= 0.3 is 0 Å². The van der Waals surface area contributed by atoms with E-state index in [1.807, 2.05) is 0 Å². The molecule has 2 aromatic rings. The van der Waals surface area contributed by atoms with Gasteiger partial charge in [0.25, 0.3) is 0 Å². The second-order valence-electron chi connectivity index (χ2n) is 4.38. The summed E-state index contributed by atoms with van der Waals surface area (Å²) in [5.41, 5.74) is 0.883. The standard InChI is InChI=1S/C16H14FNO3/c1-21-14-8-2-11(3-9-14)15(19)10-16(20)18-13-6-4-12(17)5-7-13/h2-9H,10H2,1H3,(H,18,20). The van der Waals surface area contributed by atoms with Crippen molar-refractivity contribution in [3.8, 4) is 5.75 Å². The number of carbonyl (C=O) groups excluding carboxylic acids is 2. The summed E-state index contributed by atoms with van der Waals surface area (Å²) >= 11 is 0. The molecular weight excluding hydrogens is 273 g/mol. The van der Waals surface area contributed by atoms with Gasteiger partial charge in [-0.3, -0.25) is 9.59 Å². The molecule has 1 N–H and O–H groups in total. The van der Waals surface area contributed by atoms with Gasteiger partial charge < -0.3 is 10.1 Å². The minimum atomic E-state index is -0.442. The van der Waals surface area contributed by atoms with Crippen LogP contribution < -0.4 is 10.1 Å². The molecule has 0 atom stereocenters. The van der Waals surface area contributed by atoms with E-state index in [1.165, 1.54) is 31.4 Å². The van der Waals surface area contributed by atoms with Crippen LogP contribution in [0, 0.1) is 5.82 Å². The van der Waals surface area contributed by atoms with Gasteiger partial charge in [-0.25, -0.2) is 4.39 Å². The van der Waals surface area contributed by atoms with Crippen LogP contribution in [0.15, 0.2) is 48.5 Å². The monoisotopic (exact) mass is 287 g/mol. The predicted molar refractivity (Wildman–Crippen MR) is 77.0 cm³/mol. The Morgan fingerprint density at radius 1 is 1.05 bits per heavy atom. The minimum absolute atomic E-state index is 0.274. The molecule has 0 unspecified atom stereocenters. The summed E-state index contributed by atoms with van der Waals surface area (Å²) < 4.78 is 17.7. The maximum Gasteiger partial charge on any atom is 0.232 e. The molecule has 0 bridgehead atoms. The highest BCUT2D eigenvalue weighted by molar-refractivity contribution is 6.11. The summed E-state index contributed by atoms with van der Waals surface area (Å²) in [6.07, 6.45) is -0.274. The lowest BCUT2D eigenvalue weighted by atomic mass is 10.1. The number of halogens is 1. The molecule has 0 radical (unpaired) electrons. The highest BCUT2D eigenvalue weighted by atomic mass is 19.1. The third kappa shape index (κ3) is 4.14. The lowest BCUT2D eigenvalue weighted by Gasteiger charge is -2.05. The Kier molecular flexibility index (Phi) is 4.66. The second kappa shape index (κ2) is 6.65. The molecule has 2 rings (SSSR count). The smallest absolute Gasteiger partial charge is 0.232 e. The van der Waals surface area contributed by atoms with Crippen molar-refractivity contribution in [1.82, 2.24) is 0 Å². The molecule has 0 fully saturated rings. The maximum absolute atomic E-state index is 12.7. The molecule has 1 amide bonds. The van der Waals surface area contributed by atoms with Crippen molar-refractivity contribution < 1.29 is 18.7 Å². The molecule has 0 aliphatic carbocycles.